The van der Waals surface area contributed by atoms with E-state index in [2.05, 4.69) is 0 Å². The zero-order chi connectivity index (χ0) is 23.0. The van der Waals surface area contributed by atoms with Crippen LogP contribution in [0.1, 0.15) is 27.9 Å². The summed E-state index contributed by atoms with van der Waals surface area (Å²) in [5.74, 6) is -0.809. The molecular weight excluding hydrogens is 436 g/mol. The standard InChI is InChI=1S/C27H21ClN2O3/c28-21-12-10-19(11-13-21)18-30-24-9-2-1-8-23(24)27(33,26(30)32)17-25(31)20-6-5-7-22(16-20)29-14-3-4-15-29/h1-16,33H,17-18H2/t27-/m0/s1. The molecular formula is C27H21ClN2O3. The molecule has 0 aliphatic carbocycles. The number of aliphatic hydroxyl groups is 1. The predicted molar refractivity (Wildman–Crippen MR) is 128 cm³/mol. The number of aromatic nitrogens is 1. The number of Topliss-reactive ketones (excluding diaryl/α,β-unsaturated/α-hetero) is 1. The fourth-order valence-corrected chi connectivity index (χ4v) is 4.41. The zero-order valence-corrected chi connectivity index (χ0v) is 18.4. The Kier molecular flexibility index (Phi) is 5.36. The highest BCUT2D eigenvalue weighted by Gasteiger charge is 2.50. The third kappa shape index (κ3) is 3.86. The number of para-hydroxylation sites is 1. The molecule has 3 aromatic carbocycles. The molecule has 0 unspecified atom stereocenters. The minimum atomic E-state index is -1.93. The van der Waals surface area contributed by atoms with Gasteiger partial charge in [0.1, 0.15) is 0 Å². The van der Waals surface area contributed by atoms with E-state index in [4.69, 9.17) is 11.6 Å². The van der Waals surface area contributed by atoms with Gasteiger partial charge < -0.3 is 14.6 Å². The summed E-state index contributed by atoms with van der Waals surface area (Å²) in [6.07, 6.45) is 3.44. The number of ketones is 1. The lowest BCUT2D eigenvalue weighted by molar-refractivity contribution is -0.136. The first-order chi connectivity index (χ1) is 16.0. The van der Waals surface area contributed by atoms with E-state index in [1.807, 2.05) is 53.4 Å². The molecule has 5 rings (SSSR count). The highest BCUT2D eigenvalue weighted by atomic mass is 35.5. The van der Waals surface area contributed by atoms with Crippen LogP contribution in [0.4, 0.5) is 5.69 Å². The van der Waals surface area contributed by atoms with Crippen LogP contribution < -0.4 is 4.90 Å². The van der Waals surface area contributed by atoms with Crippen molar-refractivity contribution in [3.8, 4) is 5.69 Å². The van der Waals surface area contributed by atoms with Gasteiger partial charge in [-0.1, -0.05) is 54.1 Å². The first-order valence-corrected chi connectivity index (χ1v) is 11.0. The third-order valence-corrected chi connectivity index (χ3v) is 6.23. The van der Waals surface area contributed by atoms with Gasteiger partial charge in [-0.2, -0.15) is 0 Å². The summed E-state index contributed by atoms with van der Waals surface area (Å²) in [4.78, 5) is 28.2. The third-order valence-electron chi connectivity index (χ3n) is 5.98. The van der Waals surface area contributed by atoms with Gasteiger partial charge in [0.25, 0.3) is 5.91 Å². The number of hydrogen-bond donors (Lipinski definition) is 1. The number of hydrogen-bond acceptors (Lipinski definition) is 3. The quantitative estimate of drug-likeness (QED) is 0.409. The van der Waals surface area contributed by atoms with Gasteiger partial charge in [0, 0.05) is 34.2 Å². The second-order valence-corrected chi connectivity index (χ2v) is 8.57. The molecule has 4 aromatic rings. The van der Waals surface area contributed by atoms with Gasteiger partial charge in [0.15, 0.2) is 11.4 Å². The van der Waals surface area contributed by atoms with Crippen LogP contribution in [0.3, 0.4) is 0 Å². The number of fused-ring (bicyclic) bond motifs is 1. The van der Waals surface area contributed by atoms with Gasteiger partial charge in [-0.3, -0.25) is 9.59 Å². The van der Waals surface area contributed by atoms with Crippen LogP contribution in [0.5, 0.6) is 0 Å². The Hall–Kier alpha value is -3.67. The molecule has 1 aromatic heterocycles. The number of nitrogens with zero attached hydrogens (tertiary/aromatic N) is 2. The van der Waals surface area contributed by atoms with E-state index in [1.165, 1.54) is 4.90 Å². The fraction of sp³-hybridized carbons (Fsp3) is 0.111. The molecule has 164 valence electrons. The Morgan fingerprint density at radius 3 is 2.39 bits per heavy atom. The number of carbonyl (C=O) groups excluding carboxylic acids is 2. The molecule has 1 aliphatic rings. The number of benzene rings is 3. The molecule has 0 saturated heterocycles. The molecule has 1 N–H and O–H groups in total. The summed E-state index contributed by atoms with van der Waals surface area (Å²) in [5, 5.41) is 12.2. The highest BCUT2D eigenvalue weighted by molar-refractivity contribution is 6.30. The summed E-state index contributed by atoms with van der Waals surface area (Å²) in [7, 11) is 0. The van der Waals surface area contributed by atoms with Crippen LogP contribution in [0.15, 0.2) is 97.3 Å². The summed E-state index contributed by atoms with van der Waals surface area (Å²) >= 11 is 5.98. The van der Waals surface area contributed by atoms with E-state index < -0.39 is 11.5 Å². The Morgan fingerprint density at radius 2 is 1.64 bits per heavy atom. The lowest BCUT2D eigenvalue weighted by Crippen LogP contribution is -2.41. The van der Waals surface area contributed by atoms with Crippen LogP contribution in [-0.4, -0.2) is 21.4 Å². The summed E-state index contributed by atoms with van der Waals surface area (Å²) in [5.41, 5.74) is 1.27. The van der Waals surface area contributed by atoms with Crippen molar-refractivity contribution in [1.29, 1.82) is 0 Å². The monoisotopic (exact) mass is 456 g/mol. The van der Waals surface area contributed by atoms with Gasteiger partial charge in [0.05, 0.1) is 18.7 Å². The minimum Gasteiger partial charge on any atom is -0.375 e. The van der Waals surface area contributed by atoms with E-state index in [1.54, 1.807) is 48.5 Å². The van der Waals surface area contributed by atoms with Crippen molar-refractivity contribution in [3.05, 3.63) is 119 Å². The van der Waals surface area contributed by atoms with E-state index >= 15 is 0 Å². The van der Waals surface area contributed by atoms with Gasteiger partial charge in [-0.15, -0.1) is 0 Å². The van der Waals surface area contributed by atoms with E-state index in [0.29, 0.717) is 21.8 Å². The average molecular weight is 457 g/mol. The van der Waals surface area contributed by atoms with E-state index in [0.717, 1.165) is 11.3 Å². The molecule has 0 radical (unpaired) electrons. The number of rotatable bonds is 6. The molecule has 33 heavy (non-hydrogen) atoms. The van der Waals surface area contributed by atoms with Crippen molar-refractivity contribution in [2.75, 3.05) is 4.90 Å². The van der Waals surface area contributed by atoms with Crippen molar-refractivity contribution >= 4 is 29.0 Å². The molecule has 2 heterocycles. The summed E-state index contributed by atoms with van der Waals surface area (Å²) in [6, 6.07) is 25.2. The SMILES string of the molecule is O=C(C[C@@]1(O)C(=O)N(Cc2ccc(Cl)cc2)c2ccccc21)c1cccc(-n2cccc2)c1. The topological polar surface area (TPSA) is 62.5 Å². The smallest absolute Gasteiger partial charge is 0.264 e. The molecule has 1 atom stereocenters. The summed E-state index contributed by atoms with van der Waals surface area (Å²) < 4.78 is 1.90. The number of halogens is 1. The van der Waals surface area contributed by atoms with Crippen LogP contribution in [0.25, 0.3) is 5.69 Å². The molecule has 6 heteroatoms. The second kappa shape index (κ2) is 8.35. The zero-order valence-electron chi connectivity index (χ0n) is 17.7. The van der Waals surface area contributed by atoms with Crippen LogP contribution in [0.2, 0.25) is 5.02 Å². The van der Waals surface area contributed by atoms with E-state index in [-0.39, 0.29) is 18.7 Å². The summed E-state index contributed by atoms with van der Waals surface area (Å²) in [6.45, 7) is 0.270. The van der Waals surface area contributed by atoms with Crippen LogP contribution in [-0.2, 0) is 16.9 Å². The van der Waals surface area contributed by atoms with Crippen molar-refractivity contribution in [3.63, 3.8) is 0 Å². The number of carbonyl (C=O) groups is 2. The minimum absolute atomic E-state index is 0.270. The second-order valence-electron chi connectivity index (χ2n) is 8.14. The normalized spacial score (nSPS) is 17.3. The van der Waals surface area contributed by atoms with E-state index in [9.17, 15) is 14.7 Å². The van der Waals surface area contributed by atoms with Crippen molar-refractivity contribution in [2.24, 2.45) is 0 Å². The highest BCUT2D eigenvalue weighted by Crippen LogP contribution is 2.43. The van der Waals surface area contributed by atoms with Crippen LogP contribution >= 0.6 is 11.6 Å². The fourth-order valence-electron chi connectivity index (χ4n) is 4.29. The van der Waals surface area contributed by atoms with Crippen molar-refractivity contribution < 1.29 is 14.7 Å². The molecule has 0 spiro atoms. The molecule has 0 saturated carbocycles. The molecule has 0 fully saturated rings. The maximum Gasteiger partial charge on any atom is 0.264 e. The van der Waals surface area contributed by atoms with Gasteiger partial charge in [-0.05, 0) is 48.0 Å². The predicted octanol–water partition coefficient (Wildman–Crippen LogP) is 5.14. The largest absolute Gasteiger partial charge is 0.375 e. The van der Waals surface area contributed by atoms with Crippen LogP contribution in [0, 0.1) is 0 Å². The molecule has 1 aliphatic heterocycles. The Morgan fingerprint density at radius 1 is 0.909 bits per heavy atom. The Balaban J connectivity index is 1.45. The first-order valence-electron chi connectivity index (χ1n) is 10.6. The lowest BCUT2D eigenvalue weighted by Gasteiger charge is -2.23. The van der Waals surface area contributed by atoms with Gasteiger partial charge in [-0.25, -0.2) is 0 Å². The van der Waals surface area contributed by atoms with Gasteiger partial charge >= 0.3 is 0 Å². The molecule has 0 bridgehead atoms. The Labute approximate surface area is 196 Å². The maximum atomic E-state index is 13.5. The first kappa shape index (κ1) is 21.2. The van der Waals surface area contributed by atoms with Crippen molar-refractivity contribution in [1.82, 2.24) is 4.57 Å². The van der Waals surface area contributed by atoms with Gasteiger partial charge in [0.2, 0.25) is 0 Å². The average Bonchev–Trinajstić information content (AvgIpc) is 3.44. The molecule has 1 amide bonds. The maximum absolute atomic E-state index is 13.5. The number of anilines is 1. The lowest BCUT2D eigenvalue weighted by atomic mass is 9.88. The Bertz CT molecular complexity index is 1330. The van der Waals surface area contributed by atoms with Crippen molar-refractivity contribution in [2.45, 2.75) is 18.6 Å². The number of amides is 1. The molecule has 5 nitrogen and oxygen atoms in total.